The summed E-state index contributed by atoms with van der Waals surface area (Å²) in [5.74, 6) is -0.468. The van der Waals surface area contributed by atoms with E-state index in [9.17, 15) is 9.18 Å². The van der Waals surface area contributed by atoms with Crippen LogP contribution in [-0.4, -0.2) is 56.7 Å². The van der Waals surface area contributed by atoms with E-state index >= 15 is 0 Å². The number of methoxy groups -OCH3 is 1. The first-order valence-corrected chi connectivity index (χ1v) is 11.2. The Morgan fingerprint density at radius 1 is 1.30 bits per heavy atom. The number of nitrogens with one attached hydrogen (secondary N) is 2. The van der Waals surface area contributed by atoms with E-state index in [4.69, 9.17) is 21.4 Å². The highest BCUT2D eigenvalue weighted by atomic mass is 35.5. The van der Waals surface area contributed by atoms with Crippen molar-refractivity contribution in [2.45, 2.75) is 64.1 Å². The molecule has 1 aromatic carbocycles. The van der Waals surface area contributed by atoms with Crippen LogP contribution in [0, 0.1) is 5.82 Å². The van der Waals surface area contributed by atoms with Gasteiger partial charge in [-0.25, -0.2) is 9.37 Å². The molecule has 1 fully saturated rings. The van der Waals surface area contributed by atoms with E-state index < -0.39 is 11.8 Å². The molecule has 3 N–H and O–H groups in total. The highest BCUT2D eigenvalue weighted by Crippen LogP contribution is 2.39. The Hall–Kier alpha value is -2.65. The number of carbonyl (C=O) groups is 1. The molecule has 10 heteroatoms. The summed E-state index contributed by atoms with van der Waals surface area (Å²) in [5.41, 5.74) is 0.0888. The maximum Gasteiger partial charge on any atom is 0.304 e. The molecule has 1 aliphatic rings. The van der Waals surface area contributed by atoms with Crippen molar-refractivity contribution in [2.24, 2.45) is 0 Å². The largest absolute Gasteiger partial charge is 0.495 e. The van der Waals surface area contributed by atoms with Crippen LogP contribution in [0.15, 0.2) is 24.4 Å². The number of aliphatic carboxylic acids is 1. The van der Waals surface area contributed by atoms with E-state index in [1.165, 1.54) is 7.11 Å². The third-order valence-electron chi connectivity index (χ3n) is 6.00. The normalized spacial score (nSPS) is 18.0. The number of halogens is 2. The third kappa shape index (κ3) is 6.03. The maximum absolute atomic E-state index is 14.6. The molecule has 0 unspecified atom stereocenters. The molecule has 0 amide bonds. The van der Waals surface area contributed by atoms with E-state index in [1.54, 1.807) is 18.2 Å². The number of benzene rings is 1. The third-order valence-corrected chi connectivity index (χ3v) is 6.29. The Labute approximate surface area is 198 Å². The van der Waals surface area contributed by atoms with E-state index in [-0.39, 0.29) is 35.3 Å². The summed E-state index contributed by atoms with van der Waals surface area (Å²) in [6, 6.07) is 5.11. The Kier molecular flexibility index (Phi) is 7.33. The molecule has 1 aliphatic heterocycles. The van der Waals surface area contributed by atoms with Crippen LogP contribution in [0.1, 0.15) is 47.0 Å². The summed E-state index contributed by atoms with van der Waals surface area (Å²) in [5, 5.41) is 15.8. The number of aromatic nitrogens is 2. The van der Waals surface area contributed by atoms with Gasteiger partial charge in [-0.05, 0) is 58.7 Å². The predicted molar refractivity (Wildman–Crippen MR) is 127 cm³/mol. The summed E-state index contributed by atoms with van der Waals surface area (Å²) in [4.78, 5) is 21.7. The van der Waals surface area contributed by atoms with Crippen molar-refractivity contribution in [1.29, 1.82) is 0 Å². The summed E-state index contributed by atoms with van der Waals surface area (Å²) >= 11 is 6.17. The number of carboxylic acid groups (broad SMARTS) is 1. The van der Waals surface area contributed by atoms with Gasteiger partial charge in [-0.3, -0.25) is 9.69 Å². The average molecular weight is 480 g/mol. The number of anilines is 3. The van der Waals surface area contributed by atoms with Crippen LogP contribution < -0.4 is 15.4 Å². The first-order chi connectivity index (χ1) is 15.4. The molecular weight excluding hydrogens is 449 g/mol. The van der Waals surface area contributed by atoms with Crippen LogP contribution in [-0.2, 0) is 4.79 Å². The van der Waals surface area contributed by atoms with Gasteiger partial charge in [0.05, 0.1) is 24.8 Å². The van der Waals surface area contributed by atoms with Crippen LogP contribution in [0.4, 0.5) is 21.8 Å². The van der Waals surface area contributed by atoms with Gasteiger partial charge < -0.3 is 20.5 Å². The van der Waals surface area contributed by atoms with Crippen molar-refractivity contribution < 1.29 is 19.0 Å². The van der Waals surface area contributed by atoms with Crippen molar-refractivity contribution in [3.63, 3.8) is 0 Å². The predicted octanol–water partition coefficient (Wildman–Crippen LogP) is 4.93. The summed E-state index contributed by atoms with van der Waals surface area (Å²) in [6.07, 6.45) is 2.61. The van der Waals surface area contributed by atoms with E-state index in [0.29, 0.717) is 35.8 Å². The lowest BCUT2D eigenvalue weighted by Gasteiger charge is -2.55. The fourth-order valence-electron chi connectivity index (χ4n) is 4.83. The van der Waals surface area contributed by atoms with Crippen LogP contribution >= 0.6 is 11.6 Å². The maximum atomic E-state index is 14.6. The molecule has 1 saturated heterocycles. The van der Waals surface area contributed by atoms with Gasteiger partial charge in [-0.15, -0.1) is 0 Å². The van der Waals surface area contributed by atoms with Gasteiger partial charge in [0.25, 0.3) is 0 Å². The molecular formula is C23H31ClFN5O3. The molecule has 0 bridgehead atoms. The Morgan fingerprint density at radius 3 is 2.55 bits per heavy atom. The second-order valence-corrected chi connectivity index (χ2v) is 9.94. The minimum Gasteiger partial charge on any atom is -0.495 e. The fraction of sp³-hybridized carbons (Fsp3) is 0.522. The van der Waals surface area contributed by atoms with Crippen molar-refractivity contribution in [3.05, 3.63) is 35.2 Å². The summed E-state index contributed by atoms with van der Waals surface area (Å²) < 4.78 is 19.7. The first-order valence-electron chi connectivity index (χ1n) is 10.8. The van der Waals surface area contributed by atoms with Gasteiger partial charge in [-0.1, -0.05) is 11.6 Å². The van der Waals surface area contributed by atoms with Crippen molar-refractivity contribution >= 4 is 35.0 Å². The van der Waals surface area contributed by atoms with E-state index in [0.717, 1.165) is 6.20 Å². The number of hydrogen-bond donors (Lipinski definition) is 3. The van der Waals surface area contributed by atoms with Crippen molar-refractivity contribution in [3.8, 4) is 5.75 Å². The molecule has 3 rings (SSSR count). The Bertz CT molecular complexity index is 1000. The molecule has 33 heavy (non-hydrogen) atoms. The number of ether oxygens (including phenoxy) is 1. The molecule has 0 radical (unpaired) electrons. The van der Waals surface area contributed by atoms with Gasteiger partial charge >= 0.3 is 5.97 Å². The molecule has 2 aromatic rings. The standard InChI is InChI=1S/C23H31ClFN5O3/c1-22(2)11-15(12-23(3,4)30(22)9-8-19(31)32)27-20-17(25)13-26-21(29-20)28-14-6-7-18(33-5)16(24)10-14/h6-7,10,13,15H,8-9,11-12H2,1-5H3,(H,31,32)(H2,26,27,28,29). The molecule has 180 valence electrons. The molecule has 0 spiro atoms. The lowest BCUT2D eigenvalue weighted by atomic mass is 9.76. The topological polar surface area (TPSA) is 99.6 Å². The second-order valence-electron chi connectivity index (χ2n) is 9.53. The zero-order valence-electron chi connectivity index (χ0n) is 19.6. The quantitative estimate of drug-likeness (QED) is 0.490. The van der Waals surface area contributed by atoms with Crippen LogP contribution in [0.5, 0.6) is 5.75 Å². The van der Waals surface area contributed by atoms with Crippen molar-refractivity contribution in [1.82, 2.24) is 14.9 Å². The number of likely N-dealkylation sites (tertiary alicyclic amines) is 1. The lowest BCUT2D eigenvalue weighted by Crippen LogP contribution is -2.63. The SMILES string of the molecule is COc1ccc(Nc2ncc(F)c(NC3CC(C)(C)N(CCC(=O)O)C(C)(C)C3)n2)cc1Cl. The zero-order valence-corrected chi connectivity index (χ0v) is 20.3. The number of carboxylic acids is 1. The smallest absolute Gasteiger partial charge is 0.304 e. The molecule has 0 aliphatic carbocycles. The zero-order chi connectivity index (χ0) is 24.4. The van der Waals surface area contributed by atoms with Gasteiger partial charge in [0.2, 0.25) is 5.95 Å². The highest BCUT2D eigenvalue weighted by Gasteiger charge is 2.45. The average Bonchev–Trinajstić information content (AvgIpc) is 2.68. The number of hydrogen-bond acceptors (Lipinski definition) is 7. The van der Waals surface area contributed by atoms with Crippen LogP contribution in [0.2, 0.25) is 5.02 Å². The molecule has 1 aromatic heterocycles. The van der Waals surface area contributed by atoms with Gasteiger partial charge in [0.1, 0.15) is 5.75 Å². The number of nitrogens with zero attached hydrogens (tertiary/aromatic N) is 3. The van der Waals surface area contributed by atoms with Gasteiger partial charge in [0.15, 0.2) is 11.6 Å². The highest BCUT2D eigenvalue weighted by molar-refractivity contribution is 6.32. The lowest BCUT2D eigenvalue weighted by molar-refractivity contribution is -0.138. The van der Waals surface area contributed by atoms with Crippen LogP contribution in [0.25, 0.3) is 0 Å². The Balaban J connectivity index is 1.75. The van der Waals surface area contributed by atoms with Crippen molar-refractivity contribution in [2.75, 3.05) is 24.3 Å². The molecule has 0 saturated carbocycles. The fourth-order valence-corrected chi connectivity index (χ4v) is 5.09. The molecule has 0 atom stereocenters. The monoisotopic (exact) mass is 479 g/mol. The first kappa shape index (κ1) is 25.0. The van der Waals surface area contributed by atoms with Crippen LogP contribution in [0.3, 0.4) is 0 Å². The van der Waals surface area contributed by atoms with Gasteiger partial charge in [-0.2, -0.15) is 4.98 Å². The van der Waals surface area contributed by atoms with E-state index in [1.807, 2.05) is 0 Å². The minimum atomic E-state index is -0.817. The Morgan fingerprint density at radius 2 is 1.97 bits per heavy atom. The molecule has 8 nitrogen and oxygen atoms in total. The number of piperidine rings is 1. The van der Waals surface area contributed by atoms with Gasteiger partial charge in [0, 0.05) is 29.4 Å². The second kappa shape index (κ2) is 9.69. The van der Waals surface area contributed by atoms with E-state index in [2.05, 4.69) is 53.2 Å². The molecule has 2 heterocycles. The summed E-state index contributed by atoms with van der Waals surface area (Å²) in [7, 11) is 1.54. The summed E-state index contributed by atoms with van der Waals surface area (Å²) in [6.45, 7) is 8.80. The number of rotatable bonds is 8. The minimum absolute atomic E-state index is 0.0521.